The van der Waals surface area contributed by atoms with Crippen molar-refractivity contribution in [2.24, 2.45) is 22.9 Å². The monoisotopic (exact) mass is 880 g/mol. The molecule has 4 aliphatic rings. The van der Waals surface area contributed by atoms with E-state index in [1.807, 2.05) is 55.5 Å². The first-order valence-corrected chi connectivity index (χ1v) is 23.0. The van der Waals surface area contributed by atoms with Gasteiger partial charge in [0.05, 0.1) is 37.5 Å². The van der Waals surface area contributed by atoms with Crippen LogP contribution in [0.25, 0.3) is 0 Å². The Morgan fingerprint density at radius 1 is 1.00 bits per heavy atom. The third kappa shape index (κ3) is 10.5. The summed E-state index contributed by atoms with van der Waals surface area (Å²) >= 11 is 0. The SMILES string of the molecule is C=CCOC12Oc3ccc(Oc4ccc(OC)c(C=O)c4)cc3C3C(CCCCO)C(CCCCO)C=C(C(=NOC4CCCCO4)CC1N(CCC)C(=O)OCc1ccccc1)C32. The number of aliphatic hydroxyl groups is 2. The van der Waals surface area contributed by atoms with E-state index in [9.17, 15) is 19.8 Å². The number of fused-ring (bicyclic) bond motifs is 2. The number of oxime groups is 1. The number of hydrogen-bond acceptors (Lipinski definition) is 12. The highest BCUT2D eigenvalue weighted by Gasteiger charge is 2.65. The fraction of sp³-hybridized carbons (Fsp3) is 0.510. The summed E-state index contributed by atoms with van der Waals surface area (Å²) in [5.41, 5.74) is 3.74. The van der Waals surface area contributed by atoms with Crippen LogP contribution < -0.4 is 14.2 Å². The summed E-state index contributed by atoms with van der Waals surface area (Å²) in [5.74, 6) is -0.119. The molecule has 1 saturated heterocycles. The lowest BCUT2D eigenvalue weighted by Crippen LogP contribution is -2.70. The van der Waals surface area contributed by atoms with Gasteiger partial charge in [0.2, 0.25) is 12.1 Å². The standard InChI is InChI=1S/C51H64N2O11/c1-4-24-53(50(57)60-34-35-15-7-6-8-16-35)46-32-43(52-64-47-19-11-14-28-59-47)41-30-36(17-9-12-25-54)40(18-10-13-26-55)48-42-31-39(62-38-20-22-44(58-3)37(29-38)33-56)21-23-45(42)63-51(46,49(41)48)61-27-5-2/h5-8,15-16,20-23,29-31,33,36,40,46-49,54-55H,2,4,9-14,17-19,24-28,32,34H2,1,3H3. The number of allylic oxidation sites excluding steroid dienone is 1. The van der Waals surface area contributed by atoms with Gasteiger partial charge in [0, 0.05) is 44.1 Å². The van der Waals surface area contributed by atoms with Crippen molar-refractivity contribution in [3.63, 3.8) is 0 Å². The van der Waals surface area contributed by atoms with Crippen LogP contribution in [0.1, 0.15) is 105 Å². The predicted octanol–water partition coefficient (Wildman–Crippen LogP) is 9.51. The minimum absolute atomic E-state index is 0.0125. The van der Waals surface area contributed by atoms with E-state index >= 15 is 0 Å². The maximum atomic E-state index is 14.6. The maximum absolute atomic E-state index is 14.6. The summed E-state index contributed by atoms with van der Waals surface area (Å²) < 4.78 is 38.4. The normalized spacial score (nSPS) is 25.2. The molecule has 7 atom stereocenters. The number of benzene rings is 3. The Labute approximate surface area is 377 Å². The molecule has 7 rings (SSSR count). The molecule has 0 bridgehead atoms. The number of carbonyl (C=O) groups excluding carboxylic acids is 2. The zero-order valence-electron chi connectivity index (χ0n) is 37.2. The fourth-order valence-corrected chi connectivity index (χ4v) is 10.1. The third-order valence-corrected chi connectivity index (χ3v) is 12.9. The van der Waals surface area contributed by atoms with Crippen molar-refractivity contribution in [1.82, 2.24) is 4.90 Å². The predicted molar refractivity (Wildman–Crippen MR) is 242 cm³/mol. The number of unbranched alkanes of at least 4 members (excludes halogenated alkanes) is 2. The molecule has 7 unspecified atom stereocenters. The maximum Gasteiger partial charge on any atom is 0.410 e. The lowest BCUT2D eigenvalue weighted by atomic mass is 9.55. The van der Waals surface area contributed by atoms with Crippen LogP contribution in [-0.4, -0.2) is 91.4 Å². The molecule has 1 saturated carbocycles. The van der Waals surface area contributed by atoms with Crippen molar-refractivity contribution >= 4 is 18.1 Å². The summed E-state index contributed by atoms with van der Waals surface area (Å²) in [6.45, 7) is 7.39. The number of rotatable bonds is 22. The molecular formula is C51H64N2O11. The molecule has 13 heteroatoms. The second-order valence-electron chi connectivity index (χ2n) is 17.0. The van der Waals surface area contributed by atoms with E-state index in [4.69, 9.17) is 38.4 Å². The molecule has 2 N–H and O–H groups in total. The molecule has 2 aliphatic carbocycles. The van der Waals surface area contributed by atoms with Gasteiger partial charge in [0.15, 0.2) is 6.29 Å². The average molecular weight is 881 g/mol. The fourth-order valence-electron chi connectivity index (χ4n) is 10.1. The first-order valence-electron chi connectivity index (χ1n) is 23.0. The molecule has 2 heterocycles. The quantitative estimate of drug-likeness (QED) is 0.0429. The van der Waals surface area contributed by atoms with Crippen molar-refractivity contribution < 1.29 is 53.1 Å². The number of amides is 1. The number of aldehydes is 1. The highest BCUT2D eigenvalue weighted by molar-refractivity contribution is 6.03. The Morgan fingerprint density at radius 3 is 2.50 bits per heavy atom. The molecule has 0 aromatic heterocycles. The van der Waals surface area contributed by atoms with Gasteiger partial charge in [0.1, 0.15) is 35.6 Å². The van der Waals surface area contributed by atoms with E-state index in [1.54, 1.807) is 29.2 Å². The molecule has 1 amide bonds. The van der Waals surface area contributed by atoms with E-state index in [-0.39, 0.29) is 50.6 Å². The van der Waals surface area contributed by atoms with Gasteiger partial charge in [-0.1, -0.05) is 67.4 Å². The van der Waals surface area contributed by atoms with Crippen LogP contribution >= 0.6 is 0 Å². The third-order valence-electron chi connectivity index (χ3n) is 12.9. The van der Waals surface area contributed by atoms with Crippen LogP contribution in [0.3, 0.4) is 0 Å². The van der Waals surface area contributed by atoms with E-state index in [2.05, 4.69) is 12.7 Å². The lowest BCUT2D eigenvalue weighted by Gasteiger charge is -2.60. The Balaban J connectivity index is 1.41. The van der Waals surface area contributed by atoms with Crippen molar-refractivity contribution in [3.05, 3.63) is 108 Å². The lowest BCUT2D eigenvalue weighted by molar-refractivity contribution is -0.255. The Hall–Kier alpha value is -5.21. The molecule has 64 heavy (non-hydrogen) atoms. The Kier molecular flexibility index (Phi) is 16.5. The minimum atomic E-state index is -1.44. The molecule has 0 radical (unpaired) electrons. The molecule has 2 aliphatic heterocycles. The zero-order valence-corrected chi connectivity index (χ0v) is 37.2. The van der Waals surface area contributed by atoms with Gasteiger partial charge in [-0.15, -0.1) is 6.58 Å². The molecular weight excluding hydrogens is 817 g/mol. The Bertz CT molecular complexity index is 2090. The Morgan fingerprint density at radius 2 is 1.78 bits per heavy atom. The summed E-state index contributed by atoms with van der Waals surface area (Å²) in [7, 11) is 1.52. The molecule has 3 aromatic carbocycles. The summed E-state index contributed by atoms with van der Waals surface area (Å²) in [6, 6.07) is 19.7. The van der Waals surface area contributed by atoms with Gasteiger partial charge in [0.25, 0.3) is 0 Å². The van der Waals surface area contributed by atoms with Gasteiger partial charge in [-0.3, -0.25) is 9.69 Å². The van der Waals surface area contributed by atoms with Crippen LogP contribution in [0.4, 0.5) is 4.79 Å². The van der Waals surface area contributed by atoms with E-state index < -0.39 is 30.1 Å². The van der Waals surface area contributed by atoms with Gasteiger partial charge in [-0.25, -0.2) is 4.79 Å². The van der Waals surface area contributed by atoms with Crippen LogP contribution in [0.2, 0.25) is 0 Å². The van der Waals surface area contributed by atoms with Crippen LogP contribution in [0, 0.1) is 17.8 Å². The topological polar surface area (TPSA) is 155 Å². The first kappa shape index (κ1) is 46.8. The number of methoxy groups -OCH3 is 1. The van der Waals surface area contributed by atoms with Crippen molar-refractivity contribution in [2.45, 2.75) is 108 Å². The number of hydrogen-bond donors (Lipinski definition) is 2. The number of carbonyl (C=O) groups is 2. The summed E-state index contributed by atoms with van der Waals surface area (Å²) in [6.07, 6.45) is 11.7. The van der Waals surface area contributed by atoms with E-state index in [1.165, 1.54) is 7.11 Å². The second kappa shape index (κ2) is 22.6. The highest BCUT2D eigenvalue weighted by Crippen LogP contribution is 2.62. The molecule has 2 fully saturated rings. The minimum Gasteiger partial charge on any atom is -0.496 e. The second-order valence-corrected chi connectivity index (χ2v) is 17.0. The molecule has 344 valence electrons. The van der Waals surface area contributed by atoms with Gasteiger partial charge < -0.3 is 43.5 Å². The summed E-state index contributed by atoms with van der Waals surface area (Å²) in [4.78, 5) is 34.6. The van der Waals surface area contributed by atoms with Crippen molar-refractivity contribution in [2.75, 3.05) is 40.1 Å². The number of aliphatic hydroxyl groups excluding tert-OH is 2. The van der Waals surface area contributed by atoms with Gasteiger partial charge in [-0.05, 0) is 104 Å². The van der Waals surface area contributed by atoms with E-state index in [0.717, 1.165) is 61.5 Å². The molecule has 3 aromatic rings. The summed E-state index contributed by atoms with van der Waals surface area (Å²) in [5, 5.41) is 24.9. The average Bonchev–Trinajstić information content (AvgIpc) is 3.33. The first-order chi connectivity index (χ1) is 31.4. The highest BCUT2D eigenvalue weighted by atomic mass is 16.8. The smallest absolute Gasteiger partial charge is 0.410 e. The van der Waals surface area contributed by atoms with Gasteiger partial charge in [-0.2, -0.15) is 0 Å². The van der Waals surface area contributed by atoms with Crippen molar-refractivity contribution in [1.29, 1.82) is 0 Å². The van der Waals surface area contributed by atoms with Crippen LogP contribution in [0.15, 0.2) is 96.2 Å². The molecule has 13 nitrogen and oxygen atoms in total. The number of ether oxygens (including phenoxy) is 6. The van der Waals surface area contributed by atoms with Crippen LogP contribution in [0.5, 0.6) is 23.0 Å². The van der Waals surface area contributed by atoms with Gasteiger partial charge >= 0.3 is 6.09 Å². The van der Waals surface area contributed by atoms with Crippen LogP contribution in [-0.2, 0) is 25.7 Å². The zero-order chi connectivity index (χ0) is 44.9. The van der Waals surface area contributed by atoms with Crippen molar-refractivity contribution in [3.8, 4) is 23.0 Å². The molecule has 0 spiro atoms. The largest absolute Gasteiger partial charge is 0.496 e. The number of nitrogens with zero attached hydrogens (tertiary/aromatic N) is 2. The van der Waals surface area contributed by atoms with E-state index in [0.29, 0.717) is 73.1 Å².